The number of ether oxygens (including phenoxy) is 1. The minimum Gasteiger partial charge on any atom is -0.443 e. The van der Waals surface area contributed by atoms with E-state index in [1.807, 2.05) is 32.9 Å². The Morgan fingerprint density at radius 1 is 0.946 bits per heavy atom. The van der Waals surface area contributed by atoms with E-state index < -0.39 is 20.0 Å². The molecular weight excluding hydrogens is 478 g/mol. The summed E-state index contributed by atoms with van der Waals surface area (Å²) in [5, 5.41) is 2.17. The highest BCUT2D eigenvalue weighted by molar-refractivity contribution is 6.99. The van der Waals surface area contributed by atoms with Crippen LogP contribution in [0, 0.1) is 11.8 Å². The van der Waals surface area contributed by atoms with E-state index in [0.29, 0.717) is 12.3 Å². The van der Waals surface area contributed by atoms with Crippen molar-refractivity contribution < 1.29 is 18.8 Å². The second-order valence-electron chi connectivity index (χ2n) is 12.7. The Kier molecular flexibility index (Phi) is 9.07. The molecule has 37 heavy (non-hydrogen) atoms. The predicted octanol–water partition coefficient (Wildman–Crippen LogP) is 6.15. The van der Waals surface area contributed by atoms with Crippen LogP contribution in [0.1, 0.15) is 74.7 Å². The number of carbonyl (C=O) groups is 2. The van der Waals surface area contributed by atoms with Crippen molar-refractivity contribution in [1.82, 2.24) is 4.90 Å². The molecule has 2 atom stereocenters. The molecule has 2 aromatic rings. The highest BCUT2D eigenvalue weighted by Crippen LogP contribution is 2.38. The highest BCUT2D eigenvalue weighted by Gasteiger charge is 2.52. The van der Waals surface area contributed by atoms with Gasteiger partial charge in [0, 0.05) is 6.42 Å². The molecule has 0 bridgehead atoms. The van der Waals surface area contributed by atoms with Crippen molar-refractivity contribution in [2.45, 2.75) is 91.3 Å². The molecule has 1 fully saturated rings. The summed E-state index contributed by atoms with van der Waals surface area (Å²) in [7, 11) is -2.83. The van der Waals surface area contributed by atoms with Crippen LogP contribution in [0.25, 0.3) is 0 Å². The van der Waals surface area contributed by atoms with Crippen LogP contribution in [0.2, 0.25) is 5.04 Å². The molecule has 1 heterocycles. The van der Waals surface area contributed by atoms with Crippen molar-refractivity contribution in [1.29, 1.82) is 0 Å². The normalized spacial score (nSPS) is 19.3. The Bertz CT molecular complexity index is 1000. The first-order valence-corrected chi connectivity index (χ1v) is 15.5. The molecule has 0 aliphatic carbocycles. The summed E-state index contributed by atoms with van der Waals surface area (Å²) in [5.74, 6) is 0.419. The van der Waals surface area contributed by atoms with E-state index in [4.69, 9.17) is 9.16 Å². The van der Waals surface area contributed by atoms with Crippen molar-refractivity contribution in [3.05, 3.63) is 60.7 Å². The zero-order chi connectivity index (χ0) is 27.4. The summed E-state index contributed by atoms with van der Waals surface area (Å²) >= 11 is 0. The molecule has 1 saturated heterocycles. The SMILES string of the molecule is CC(C)CC1CCC(=O)N(C(=O)OC(C)(C)C)C1CO[Si](c1ccccc1)(c1ccccc1)C(C)(C)C. The first-order chi connectivity index (χ1) is 17.3. The highest BCUT2D eigenvalue weighted by atomic mass is 28.4. The summed E-state index contributed by atoms with van der Waals surface area (Å²) in [5.41, 5.74) is -0.689. The molecule has 0 spiro atoms. The quantitative estimate of drug-likeness (QED) is 0.408. The number of hydrogen-bond donors (Lipinski definition) is 0. The maximum Gasteiger partial charge on any atom is 0.417 e. The first kappa shape index (κ1) is 29.1. The number of amides is 2. The van der Waals surface area contributed by atoms with Gasteiger partial charge in [-0.15, -0.1) is 0 Å². The molecule has 0 aromatic heterocycles. The van der Waals surface area contributed by atoms with E-state index in [1.165, 1.54) is 15.3 Å². The van der Waals surface area contributed by atoms with Crippen LogP contribution < -0.4 is 10.4 Å². The van der Waals surface area contributed by atoms with Gasteiger partial charge in [-0.1, -0.05) is 95.3 Å². The summed E-state index contributed by atoms with van der Waals surface area (Å²) < 4.78 is 12.9. The number of carbonyl (C=O) groups excluding carboxylic acids is 2. The van der Waals surface area contributed by atoms with Crippen LogP contribution >= 0.6 is 0 Å². The standard InChI is InChI=1S/C31H45NO4Si/c1-23(2)21-24-19-20-28(33)32(29(34)36-30(3,4)5)27(24)22-35-37(31(6,7)8,25-15-11-9-12-16-25)26-17-13-10-14-18-26/h9-18,23-24,27H,19-22H2,1-8H3. The zero-order valence-corrected chi connectivity index (χ0v) is 24.9. The molecular formula is C31H45NO4Si. The molecule has 1 aliphatic rings. The molecule has 0 N–H and O–H groups in total. The van der Waals surface area contributed by atoms with Gasteiger partial charge in [-0.05, 0) is 60.9 Å². The Hall–Kier alpha value is -2.44. The van der Waals surface area contributed by atoms with Gasteiger partial charge < -0.3 is 9.16 Å². The largest absolute Gasteiger partial charge is 0.443 e. The third kappa shape index (κ3) is 6.71. The van der Waals surface area contributed by atoms with Crippen LogP contribution in [0.15, 0.2) is 60.7 Å². The molecule has 202 valence electrons. The monoisotopic (exact) mass is 523 g/mol. The van der Waals surface area contributed by atoms with Gasteiger partial charge in [0.25, 0.3) is 8.32 Å². The van der Waals surface area contributed by atoms with E-state index in [2.05, 4.69) is 83.1 Å². The fraction of sp³-hybridized carbons (Fsp3) is 0.548. The van der Waals surface area contributed by atoms with Gasteiger partial charge in [0.2, 0.25) is 5.91 Å². The third-order valence-corrected chi connectivity index (χ3v) is 12.1. The average molecular weight is 524 g/mol. The van der Waals surface area contributed by atoms with Crippen molar-refractivity contribution in [2.24, 2.45) is 11.8 Å². The summed E-state index contributed by atoms with van der Waals surface area (Å²) in [4.78, 5) is 27.9. The second kappa shape index (κ2) is 11.5. The van der Waals surface area contributed by atoms with Crippen LogP contribution in [-0.4, -0.2) is 43.5 Å². The molecule has 3 rings (SSSR count). The lowest BCUT2D eigenvalue weighted by Crippen LogP contribution is -2.68. The molecule has 2 amide bonds. The minimum absolute atomic E-state index is 0.156. The van der Waals surface area contributed by atoms with Crippen molar-refractivity contribution in [3.63, 3.8) is 0 Å². The lowest BCUT2D eigenvalue weighted by Gasteiger charge is -2.46. The Morgan fingerprint density at radius 3 is 1.89 bits per heavy atom. The second-order valence-corrected chi connectivity index (χ2v) is 17.0. The lowest BCUT2D eigenvalue weighted by molar-refractivity contribution is -0.139. The number of nitrogens with zero attached hydrogens (tertiary/aromatic N) is 1. The van der Waals surface area contributed by atoms with Crippen molar-refractivity contribution >= 4 is 30.7 Å². The number of imide groups is 1. The van der Waals surface area contributed by atoms with Crippen LogP contribution in [-0.2, 0) is 14.0 Å². The average Bonchev–Trinajstić information content (AvgIpc) is 2.80. The number of likely N-dealkylation sites (tertiary alicyclic amines) is 1. The third-order valence-electron chi connectivity index (χ3n) is 7.13. The Labute approximate surface area is 224 Å². The van der Waals surface area contributed by atoms with E-state index in [-0.39, 0.29) is 29.5 Å². The van der Waals surface area contributed by atoms with Crippen molar-refractivity contribution in [3.8, 4) is 0 Å². The van der Waals surface area contributed by atoms with Gasteiger partial charge in [-0.3, -0.25) is 4.79 Å². The summed E-state index contributed by atoms with van der Waals surface area (Å²) in [6.45, 7) is 16.9. The Balaban J connectivity index is 2.09. The molecule has 1 aliphatic heterocycles. The van der Waals surface area contributed by atoms with E-state index >= 15 is 0 Å². The number of rotatable bonds is 7. The van der Waals surface area contributed by atoms with Crippen LogP contribution in [0.4, 0.5) is 4.79 Å². The molecule has 0 radical (unpaired) electrons. The first-order valence-electron chi connectivity index (χ1n) is 13.6. The van der Waals surface area contributed by atoms with Gasteiger partial charge in [0.1, 0.15) is 5.60 Å². The van der Waals surface area contributed by atoms with Crippen LogP contribution in [0.5, 0.6) is 0 Å². The zero-order valence-electron chi connectivity index (χ0n) is 23.9. The van der Waals surface area contributed by atoms with E-state index in [1.54, 1.807) is 0 Å². The maximum absolute atomic E-state index is 13.4. The van der Waals surface area contributed by atoms with Gasteiger partial charge >= 0.3 is 6.09 Å². The van der Waals surface area contributed by atoms with Gasteiger partial charge in [-0.2, -0.15) is 0 Å². The molecule has 6 heteroatoms. The molecule has 0 saturated carbocycles. The Morgan fingerprint density at radius 2 is 1.46 bits per heavy atom. The fourth-order valence-electron chi connectivity index (χ4n) is 5.63. The lowest BCUT2D eigenvalue weighted by atomic mass is 9.83. The number of benzene rings is 2. The van der Waals surface area contributed by atoms with Crippen LogP contribution in [0.3, 0.4) is 0 Å². The van der Waals surface area contributed by atoms with Gasteiger partial charge in [0.05, 0.1) is 12.6 Å². The molecule has 5 nitrogen and oxygen atoms in total. The predicted molar refractivity (Wildman–Crippen MR) is 153 cm³/mol. The van der Waals surface area contributed by atoms with Gasteiger partial charge in [-0.25, -0.2) is 9.69 Å². The van der Waals surface area contributed by atoms with Crippen molar-refractivity contribution in [2.75, 3.05) is 6.61 Å². The fourth-order valence-corrected chi connectivity index (χ4v) is 10.2. The number of piperidine rings is 1. The minimum atomic E-state index is -2.83. The summed E-state index contributed by atoms with van der Waals surface area (Å²) in [6.07, 6.45) is 1.46. The van der Waals surface area contributed by atoms with E-state index in [9.17, 15) is 9.59 Å². The maximum atomic E-state index is 13.4. The van der Waals surface area contributed by atoms with Gasteiger partial charge in [0.15, 0.2) is 0 Å². The van der Waals surface area contributed by atoms with E-state index in [0.717, 1.165) is 12.8 Å². The molecule has 2 aromatic carbocycles. The molecule has 2 unspecified atom stereocenters. The summed E-state index contributed by atoms with van der Waals surface area (Å²) in [6, 6.07) is 20.6. The topological polar surface area (TPSA) is 55.8 Å². The number of hydrogen-bond acceptors (Lipinski definition) is 4. The smallest absolute Gasteiger partial charge is 0.417 e.